The molecule has 1 N–H and O–H groups in total. The minimum absolute atomic E-state index is 0.0429. The van der Waals surface area contributed by atoms with Crippen molar-refractivity contribution in [3.05, 3.63) is 35.9 Å². The topological polar surface area (TPSA) is 102 Å². The molecule has 0 aromatic heterocycles. The van der Waals surface area contributed by atoms with Crippen LogP contribution in [0.2, 0.25) is 0 Å². The number of rotatable bonds is 14. The first kappa shape index (κ1) is 44.5. The van der Waals surface area contributed by atoms with Gasteiger partial charge in [-0.25, -0.2) is 4.79 Å². The zero-order valence-corrected chi connectivity index (χ0v) is 32.1. The number of Topliss-reactive ketones (excluding diaryl/α,β-unsaturated/α-hetero) is 1. The number of aliphatic hydroxyl groups is 1. The molecule has 46 heavy (non-hydrogen) atoms. The number of benzene rings is 1. The van der Waals surface area contributed by atoms with Crippen LogP contribution in [0.3, 0.4) is 0 Å². The molecule has 3 atom stereocenters. The van der Waals surface area contributed by atoms with Crippen LogP contribution in [0.5, 0.6) is 0 Å². The average molecular weight is 702 g/mol. The number of aliphatic hydroxyl groups excluding tert-OH is 1. The normalized spacial score (nSPS) is 15.2. The number of amides is 1. The fourth-order valence-electron chi connectivity index (χ4n) is 4.84. The Balaban J connectivity index is 0.000000764. The van der Waals surface area contributed by atoms with Crippen LogP contribution >= 0.6 is 36.6 Å². The predicted molar refractivity (Wildman–Crippen MR) is 196 cm³/mol. The maximum absolute atomic E-state index is 12.9. The number of morpholine rings is 1. The van der Waals surface area contributed by atoms with Crippen molar-refractivity contribution >= 4 is 57.8 Å². The monoisotopic (exact) mass is 701 g/mol. The van der Waals surface area contributed by atoms with E-state index in [1.807, 2.05) is 18.7 Å². The number of esters is 1. The largest absolute Gasteiger partial charge is 0.453 e. The molecule has 1 unspecified atom stereocenters. The maximum Gasteiger partial charge on any atom is 0.335 e. The number of thioether (sulfide) groups is 1. The first-order valence-electron chi connectivity index (χ1n) is 16.2. The summed E-state index contributed by atoms with van der Waals surface area (Å²) in [6, 6.07) is 10.6. The highest BCUT2D eigenvalue weighted by molar-refractivity contribution is 8.41. The average Bonchev–Trinajstić information content (AvgIpc) is 2.98. The number of carbonyl (C=O) groups is 3. The number of ketones is 1. The first-order valence-corrected chi connectivity index (χ1v) is 18.0. The number of thiocarbonyl (C=S) groups is 1. The van der Waals surface area contributed by atoms with E-state index in [-0.39, 0.29) is 35.7 Å². The summed E-state index contributed by atoms with van der Waals surface area (Å²) in [5.74, 6) is 0.712. The Morgan fingerprint density at radius 2 is 1.57 bits per heavy atom. The van der Waals surface area contributed by atoms with Crippen molar-refractivity contribution in [1.29, 1.82) is 0 Å². The van der Waals surface area contributed by atoms with Gasteiger partial charge < -0.3 is 24.2 Å². The molecular formula is C35H59NO7S3. The SMILES string of the molecule is CC(C)C(CC(C)(C)Cc1ccccc1)C(=O)N1CCOCC1.CC(C)O[C@H](C)C(=O)O[C@H](C)C(=O)C(C)C.OCCSC(=S)S. The van der Waals surface area contributed by atoms with Gasteiger partial charge in [0.2, 0.25) is 5.91 Å². The summed E-state index contributed by atoms with van der Waals surface area (Å²) in [5, 5.41) is 8.20. The highest BCUT2D eigenvalue weighted by Crippen LogP contribution is 2.34. The third kappa shape index (κ3) is 20.0. The fraction of sp³-hybridized carbons (Fsp3) is 0.714. The summed E-state index contributed by atoms with van der Waals surface area (Å²) in [7, 11) is 0. The molecule has 1 fully saturated rings. The summed E-state index contributed by atoms with van der Waals surface area (Å²) in [4.78, 5) is 38.0. The van der Waals surface area contributed by atoms with Crippen LogP contribution in [0.15, 0.2) is 30.3 Å². The Morgan fingerprint density at radius 1 is 1.00 bits per heavy atom. The molecule has 1 aromatic rings. The van der Waals surface area contributed by atoms with Crippen molar-refractivity contribution in [3.8, 4) is 0 Å². The van der Waals surface area contributed by atoms with E-state index in [0.29, 0.717) is 34.3 Å². The van der Waals surface area contributed by atoms with E-state index in [0.717, 1.165) is 25.9 Å². The van der Waals surface area contributed by atoms with Crippen LogP contribution in [0, 0.1) is 23.2 Å². The van der Waals surface area contributed by atoms with Crippen LogP contribution in [-0.2, 0) is 35.0 Å². The Morgan fingerprint density at radius 3 is 2.00 bits per heavy atom. The number of hydrogen-bond donors (Lipinski definition) is 2. The van der Waals surface area contributed by atoms with E-state index in [9.17, 15) is 14.4 Å². The second-order valence-corrected chi connectivity index (χ2v) is 15.9. The zero-order chi connectivity index (χ0) is 35.4. The van der Waals surface area contributed by atoms with Gasteiger partial charge in [-0.3, -0.25) is 9.59 Å². The maximum atomic E-state index is 12.9. The molecule has 264 valence electrons. The van der Waals surface area contributed by atoms with Crippen LogP contribution in [0.1, 0.15) is 81.2 Å². The lowest BCUT2D eigenvalue weighted by Crippen LogP contribution is -2.45. The molecule has 2 rings (SSSR count). The molecule has 1 amide bonds. The third-order valence-electron chi connectivity index (χ3n) is 7.13. The molecule has 1 heterocycles. The van der Waals surface area contributed by atoms with Crippen molar-refractivity contribution in [2.24, 2.45) is 23.2 Å². The molecule has 11 heteroatoms. The molecule has 0 bridgehead atoms. The van der Waals surface area contributed by atoms with Gasteiger partial charge in [0.15, 0.2) is 18.0 Å². The van der Waals surface area contributed by atoms with Gasteiger partial charge in [-0.05, 0) is 57.4 Å². The molecule has 8 nitrogen and oxygen atoms in total. The smallest absolute Gasteiger partial charge is 0.335 e. The molecule has 1 aliphatic heterocycles. The minimum atomic E-state index is -0.703. The van der Waals surface area contributed by atoms with Gasteiger partial charge in [0.05, 0.1) is 25.9 Å². The molecular weight excluding hydrogens is 643 g/mol. The van der Waals surface area contributed by atoms with Crippen LogP contribution < -0.4 is 0 Å². The number of ether oxygens (including phenoxy) is 3. The second-order valence-electron chi connectivity index (χ2n) is 13.1. The van der Waals surface area contributed by atoms with Gasteiger partial charge in [0.25, 0.3) is 0 Å². The molecule has 1 aromatic carbocycles. The lowest BCUT2D eigenvalue weighted by molar-refractivity contribution is -0.167. The highest BCUT2D eigenvalue weighted by atomic mass is 32.2. The molecule has 0 radical (unpaired) electrons. The van der Waals surface area contributed by atoms with Crippen molar-refractivity contribution in [2.45, 2.75) is 100 Å². The summed E-state index contributed by atoms with van der Waals surface area (Å²) >= 11 is 9.77. The van der Waals surface area contributed by atoms with Gasteiger partial charge in [-0.15, -0.1) is 24.4 Å². The summed E-state index contributed by atoms with van der Waals surface area (Å²) in [5.41, 5.74) is 1.46. The van der Waals surface area contributed by atoms with E-state index >= 15 is 0 Å². The van der Waals surface area contributed by atoms with Gasteiger partial charge in [0, 0.05) is 30.7 Å². The Hall–Kier alpha value is -1.50. The van der Waals surface area contributed by atoms with Gasteiger partial charge in [0.1, 0.15) is 3.53 Å². The van der Waals surface area contributed by atoms with Crippen LogP contribution in [0.25, 0.3) is 0 Å². The van der Waals surface area contributed by atoms with E-state index in [1.165, 1.54) is 17.3 Å². The van der Waals surface area contributed by atoms with Gasteiger partial charge >= 0.3 is 5.97 Å². The number of hydrogen-bond acceptors (Lipinski definition) is 9. The highest BCUT2D eigenvalue weighted by Gasteiger charge is 2.33. The number of nitrogens with zero attached hydrogens (tertiary/aromatic N) is 1. The second kappa shape index (κ2) is 23.8. The third-order valence-corrected chi connectivity index (χ3v) is 8.50. The lowest BCUT2D eigenvalue weighted by Gasteiger charge is -2.36. The van der Waals surface area contributed by atoms with E-state index in [4.69, 9.17) is 19.3 Å². The summed E-state index contributed by atoms with van der Waals surface area (Å²) in [6.45, 7) is 22.3. The number of carbonyl (C=O) groups excluding carboxylic acids is 3. The molecule has 0 spiro atoms. The van der Waals surface area contributed by atoms with E-state index in [2.05, 4.69) is 82.9 Å². The molecule has 1 aliphatic rings. The van der Waals surface area contributed by atoms with E-state index in [1.54, 1.807) is 27.7 Å². The lowest BCUT2D eigenvalue weighted by atomic mass is 9.74. The van der Waals surface area contributed by atoms with Crippen molar-refractivity contribution in [2.75, 3.05) is 38.7 Å². The molecule has 0 aliphatic carbocycles. The van der Waals surface area contributed by atoms with Crippen molar-refractivity contribution in [3.63, 3.8) is 0 Å². The summed E-state index contributed by atoms with van der Waals surface area (Å²) in [6.07, 6.45) is 0.551. The zero-order valence-electron chi connectivity index (χ0n) is 29.6. The Labute approximate surface area is 293 Å². The van der Waals surface area contributed by atoms with Crippen molar-refractivity contribution in [1.82, 2.24) is 4.90 Å². The number of thiol groups is 1. The summed E-state index contributed by atoms with van der Waals surface area (Å²) < 4.78 is 16.3. The van der Waals surface area contributed by atoms with E-state index < -0.39 is 18.2 Å². The van der Waals surface area contributed by atoms with Gasteiger partial charge in [-0.2, -0.15) is 0 Å². The minimum Gasteiger partial charge on any atom is -0.453 e. The molecule has 1 saturated heterocycles. The Bertz CT molecular complexity index is 1030. The Kier molecular flexibility index (Phi) is 23.0. The van der Waals surface area contributed by atoms with Crippen LogP contribution in [0.4, 0.5) is 0 Å². The van der Waals surface area contributed by atoms with Crippen LogP contribution in [-0.4, -0.2) is 88.2 Å². The predicted octanol–water partition coefficient (Wildman–Crippen LogP) is 6.66. The molecule has 0 saturated carbocycles. The van der Waals surface area contributed by atoms with Crippen molar-refractivity contribution < 1.29 is 33.7 Å². The quantitative estimate of drug-likeness (QED) is 0.125. The standard InChI is InChI=1S/C20H31NO2.C12H22O4.C3H6OS3/c1-16(2)18(19(22)21-10-12-23-13-11-21)15-20(3,4)14-17-8-6-5-7-9-17;1-7(2)11(13)9(5)16-12(14)10(6)15-8(3)4;4-1-2-7-3(5)6/h5-9,16,18H,10-15H2,1-4H3;7-10H,1-6H3;4H,1-2H2,(H,5,6)/t;9-,10-;/m.1./s1. The van der Waals surface area contributed by atoms with Gasteiger partial charge in [-0.1, -0.05) is 84.1 Å². The first-order chi connectivity index (χ1) is 21.4. The fourth-order valence-corrected chi connectivity index (χ4v) is 5.63.